The second kappa shape index (κ2) is 5.52. The smallest absolute Gasteiger partial charge is 0.127 e. The van der Waals surface area contributed by atoms with Crippen LogP contribution in [-0.2, 0) is 6.42 Å². The molecule has 3 nitrogen and oxygen atoms in total. The number of benzene rings is 1. The predicted molar refractivity (Wildman–Crippen MR) is 69.8 cm³/mol. The first-order chi connectivity index (χ1) is 8.22. The largest absolute Gasteiger partial charge is 0.493 e. The van der Waals surface area contributed by atoms with E-state index in [2.05, 4.69) is 37.5 Å². The molecule has 17 heavy (non-hydrogen) atoms. The van der Waals surface area contributed by atoms with Crippen molar-refractivity contribution in [3.8, 4) is 5.75 Å². The molecule has 1 aliphatic heterocycles. The molecule has 94 valence electrons. The minimum Gasteiger partial charge on any atom is -0.493 e. The van der Waals surface area contributed by atoms with Gasteiger partial charge >= 0.3 is 0 Å². The Balaban J connectivity index is 2.16. The molecule has 0 amide bonds. The van der Waals surface area contributed by atoms with Crippen molar-refractivity contribution in [3.63, 3.8) is 0 Å². The van der Waals surface area contributed by atoms with Crippen LogP contribution in [0.1, 0.15) is 43.9 Å². The lowest BCUT2D eigenvalue weighted by atomic mass is 9.96. The van der Waals surface area contributed by atoms with Crippen LogP contribution in [0.4, 0.5) is 0 Å². The van der Waals surface area contributed by atoms with E-state index in [9.17, 15) is 0 Å². The Bertz CT molecular complexity index is 376. The summed E-state index contributed by atoms with van der Waals surface area (Å²) in [6.45, 7) is 5.27. The quantitative estimate of drug-likeness (QED) is 0.608. The lowest BCUT2D eigenvalue weighted by Crippen LogP contribution is -2.28. The van der Waals surface area contributed by atoms with E-state index in [1.54, 1.807) is 0 Å². The lowest BCUT2D eigenvalue weighted by molar-refractivity contribution is 0.344. The third-order valence-electron chi connectivity index (χ3n) is 3.35. The van der Waals surface area contributed by atoms with Gasteiger partial charge in [-0.1, -0.05) is 32.0 Å². The van der Waals surface area contributed by atoms with Crippen LogP contribution < -0.4 is 16.0 Å². The van der Waals surface area contributed by atoms with Crippen LogP contribution >= 0.6 is 0 Å². The third kappa shape index (κ3) is 2.79. The van der Waals surface area contributed by atoms with Crippen molar-refractivity contribution in [2.75, 3.05) is 6.61 Å². The van der Waals surface area contributed by atoms with Crippen LogP contribution in [0, 0.1) is 5.92 Å². The maximum atomic E-state index is 5.72. The number of fused-ring (bicyclic) bond motifs is 1. The molecule has 1 aliphatic rings. The summed E-state index contributed by atoms with van der Waals surface area (Å²) in [5.74, 6) is 7.43. The van der Waals surface area contributed by atoms with Crippen molar-refractivity contribution in [3.05, 3.63) is 29.3 Å². The number of para-hydroxylation sites is 1. The summed E-state index contributed by atoms with van der Waals surface area (Å²) >= 11 is 0. The summed E-state index contributed by atoms with van der Waals surface area (Å²) in [4.78, 5) is 0. The highest BCUT2D eigenvalue weighted by atomic mass is 16.5. The number of nitrogens with two attached hydrogens (primary N) is 1. The molecule has 0 saturated carbocycles. The van der Waals surface area contributed by atoms with Gasteiger partial charge in [-0.2, -0.15) is 0 Å². The average molecular weight is 234 g/mol. The fourth-order valence-corrected chi connectivity index (χ4v) is 2.34. The van der Waals surface area contributed by atoms with E-state index in [4.69, 9.17) is 10.6 Å². The first-order valence-electron chi connectivity index (χ1n) is 6.43. The molecule has 0 fully saturated rings. The molecular weight excluding hydrogens is 212 g/mol. The monoisotopic (exact) mass is 234 g/mol. The first-order valence-corrected chi connectivity index (χ1v) is 6.43. The minimum atomic E-state index is 0.199. The molecule has 0 aromatic heterocycles. The normalized spacial score (nSPS) is 15.8. The minimum absolute atomic E-state index is 0.199. The topological polar surface area (TPSA) is 47.3 Å². The van der Waals surface area contributed by atoms with Gasteiger partial charge in [0.25, 0.3) is 0 Å². The van der Waals surface area contributed by atoms with Gasteiger partial charge in [-0.05, 0) is 24.3 Å². The molecule has 1 heterocycles. The first kappa shape index (κ1) is 12.4. The number of hydrogen-bond donors (Lipinski definition) is 2. The van der Waals surface area contributed by atoms with Crippen molar-refractivity contribution >= 4 is 0 Å². The zero-order chi connectivity index (χ0) is 12.3. The Kier molecular flexibility index (Phi) is 4.02. The number of rotatable bonds is 5. The summed E-state index contributed by atoms with van der Waals surface area (Å²) in [5, 5.41) is 0. The van der Waals surface area contributed by atoms with E-state index in [-0.39, 0.29) is 6.04 Å². The summed E-state index contributed by atoms with van der Waals surface area (Å²) in [7, 11) is 0. The number of ether oxygens (including phenoxy) is 1. The average Bonchev–Trinajstić information content (AvgIpc) is 2.78. The van der Waals surface area contributed by atoms with Gasteiger partial charge in [0.15, 0.2) is 0 Å². The molecular formula is C14H22N2O. The van der Waals surface area contributed by atoms with Crippen molar-refractivity contribution < 1.29 is 4.74 Å². The number of hydrogen-bond acceptors (Lipinski definition) is 3. The maximum Gasteiger partial charge on any atom is 0.127 e. The molecule has 3 heteroatoms. The summed E-state index contributed by atoms with van der Waals surface area (Å²) < 4.78 is 5.72. The highest BCUT2D eigenvalue weighted by Crippen LogP contribution is 2.35. The van der Waals surface area contributed by atoms with Crippen LogP contribution in [0.3, 0.4) is 0 Å². The van der Waals surface area contributed by atoms with Crippen LogP contribution in [0.15, 0.2) is 18.2 Å². The summed E-state index contributed by atoms with van der Waals surface area (Å²) in [6.07, 6.45) is 3.23. The fourth-order valence-electron chi connectivity index (χ4n) is 2.34. The van der Waals surface area contributed by atoms with Crippen molar-refractivity contribution in [1.82, 2.24) is 5.43 Å². The molecule has 1 aromatic rings. The highest BCUT2D eigenvalue weighted by molar-refractivity contribution is 5.45. The van der Waals surface area contributed by atoms with Crippen LogP contribution in [0.25, 0.3) is 0 Å². The molecule has 0 saturated heterocycles. The van der Waals surface area contributed by atoms with E-state index >= 15 is 0 Å². The van der Waals surface area contributed by atoms with Crippen molar-refractivity contribution in [2.24, 2.45) is 11.8 Å². The Hall–Kier alpha value is -1.06. The van der Waals surface area contributed by atoms with Gasteiger partial charge in [-0.25, -0.2) is 0 Å². The van der Waals surface area contributed by atoms with Gasteiger partial charge < -0.3 is 4.74 Å². The molecule has 0 spiro atoms. The summed E-state index contributed by atoms with van der Waals surface area (Å²) in [5.41, 5.74) is 5.45. The Labute approximate surface area is 103 Å². The molecule has 3 N–H and O–H groups in total. The van der Waals surface area contributed by atoms with Gasteiger partial charge in [-0.3, -0.25) is 11.3 Å². The molecule has 0 bridgehead atoms. The second-order valence-electron chi connectivity index (χ2n) is 5.12. The Morgan fingerprint density at radius 2 is 2.18 bits per heavy atom. The van der Waals surface area contributed by atoms with Gasteiger partial charge in [0.1, 0.15) is 5.75 Å². The van der Waals surface area contributed by atoms with E-state index in [1.165, 1.54) is 17.5 Å². The highest BCUT2D eigenvalue weighted by Gasteiger charge is 2.21. The van der Waals surface area contributed by atoms with Gasteiger partial charge in [-0.15, -0.1) is 0 Å². The van der Waals surface area contributed by atoms with Crippen LogP contribution in [0.5, 0.6) is 5.75 Å². The molecule has 1 atom stereocenters. The molecule has 0 aliphatic carbocycles. The second-order valence-corrected chi connectivity index (χ2v) is 5.12. The van der Waals surface area contributed by atoms with Gasteiger partial charge in [0.05, 0.1) is 6.61 Å². The molecule has 1 unspecified atom stereocenters. The molecule has 2 rings (SSSR count). The maximum absolute atomic E-state index is 5.72. The van der Waals surface area contributed by atoms with Crippen LogP contribution in [-0.4, -0.2) is 6.61 Å². The van der Waals surface area contributed by atoms with Crippen molar-refractivity contribution in [1.29, 1.82) is 0 Å². The molecule has 0 radical (unpaired) electrons. The number of hydrazine groups is 1. The van der Waals surface area contributed by atoms with Crippen molar-refractivity contribution in [2.45, 2.75) is 39.2 Å². The fraction of sp³-hybridized carbons (Fsp3) is 0.571. The zero-order valence-corrected chi connectivity index (χ0v) is 10.7. The Morgan fingerprint density at radius 3 is 2.88 bits per heavy atom. The third-order valence-corrected chi connectivity index (χ3v) is 3.35. The Morgan fingerprint density at radius 1 is 1.35 bits per heavy atom. The number of nitrogens with one attached hydrogen (secondary N) is 1. The van der Waals surface area contributed by atoms with E-state index in [0.29, 0.717) is 5.92 Å². The molecule has 1 aromatic carbocycles. The zero-order valence-electron chi connectivity index (χ0n) is 10.7. The van der Waals surface area contributed by atoms with E-state index < -0.39 is 0 Å². The summed E-state index contributed by atoms with van der Waals surface area (Å²) in [6, 6.07) is 6.56. The lowest BCUT2D eigenvalue weighted by Gasteiger charge is -2.19. The van der Waals surface area contributed by atoms with E-state index in [1.807, 2.05) is 0 Å². The van der Waals surface area contributed by atoms with Gasteiger partial charge in [0.2, 0.25) is 0 Å². The SMILES string of the molecule is CC(C)CCC(NN)c1cccc2c1OCC2. The van der Waals surface area contributed by atoms with E-state index in [0.717, 1.165) is 25.2 Å². The predicted octanol–water partition coefficient (Wildman–Crippen LogP) is 2.56. The van der Waals surface area contributed by atoms with Crippen LogP contribution in [0.2, 0.25) is 0 Å². The standard InChI is InChI=1S/C14H22N2O/c1-10(2)6-7-13(16-15)12-5-3-4-11-8-9-17-14(11)12/h3-5,10,13,16H,6-9,15H2,1-2H3. The van der Waals surface area contributed by atoms with Gasteiger partial charge in [0, 0.05) is 18.0 Å².